The summed E-state index contributed by atoms with van der Waals surface area (Å²) in [6.45, 7) is 0. The second kappa shape index (κ2) is 10.4. The van der Waals surface area contributed by atoms with E-state index in [1.165, 1.54) is 11.8 Å². The molecule has 1 saturated heterocycles. The number of anilines is 1. The third-order valence-corrected chi connectivity index (χ3v) is 9.75. The molecule has 1 aliphatic carbocycles. The van der Waals surface area contributed by atoms with Crippen LogP contribution in [0.3, 0.4) is 0 Å². The Hall–Kier alpha value is -3.35. The lowest BCUT2D eigenvalue weighted by Crippen LogP contribution is -2.71. The highest BCUT2D eigenvalue weighted by molar-refractivity contribution is 8.02. The number of aromatic nitrogens is 2. The number of carbonyl (C=O) groups excluding carboxylic acids is 2. The average molecular weight is 599 g/mol. The van der Waals surface area contributed by atoms with E-state index in [-0.39, 0.29) is 49.6 Å². The first-order valence-electron chi connectivity index (χ1n) is 10.9. The number of aromatic hydroxyl groups is 1. The van der Waals surface area contributed by atoms with Gasteiger partial charge >= 0.3 is 11.9 Å². The van der Waals surface area contributed by atoms with E-state index < -0.39 is 41.0 Å². The van der Waals surface area contributed by atoms with Crippen LogP contribution in [0.15, 0.2) is 26.0 Å². The smallest absolute Gasteiger partial charge is 0.352 e. The van der Waals surface area contributed by atoms with Crippen molar-refractivity contribution in [3.63, 3.8) is 0 Å². The zero-order valence-corrected chi connectivity index (χ0v) is 22.3. The van der Waals surface area contributed by atoms with Gasteiger partial charge in [0.25, 0.3) is 11.8 Å². The van der Waals surface area contributed by atoms with Crippen LogP contribution in [0.2, 0.25) is 0 Å². The SMILES string of the molecule is Nc1nc(C(=NOC2CC2)C(=O)N[C@@H]2C(=O)N3C(C(=O)O)=C(CSc4snc(O)c4C(=O)O)CS[C@@H]23)cs1. The van der Waals surface area contributed by atoms with Gasteiger partial charge in [0.2, 0.25) is 5.88 Å². The molecule has 18 heteroatoms. The molecule has 2 fully saturated rings. The molecule has 38 heavy (non-hydrogen) atoms. The summed E-state index contributed by atoms with van der Waals surface area (Å²) in [5.41, 5.74) is 5.57. The van der Waals surface area contributed by atoms with Crippen LogP contribution in [0.5, 0.6) is 5.88 Å². The number of thioether (sulfide) groups is 2. The van der Waals surface area contributed by atoms with Crippen molar-refractivity contribution < 1.29 is 39.3 Å². The Kier molecular flexibility index (Phi) is 7.21. The maximum absolute atomic E-state index is 13.1. The number of aliphatic carboxylic acids is 1. The van der Waals surface area contributed by atoms with E-state index in [1.807, 2.05) is 0 Å². The van der Waals surface area contributed by atoms with Gasteiger partial charge in [-0.1, -0.05) is 5.16 Å². The van der Waals surface area contributed by atoms with Gasteiger partial charge in [0.15, 0.2) is 10.8 Å². The van der Waals surface area contributed by atoms with E-state index in [0.29, 0.717) is 5.57 Å². The van der Waals surface area contributed by atoms with Gasteiger partial charge in [0.1, 0.15) is 34.5 Å². The van der Waals surface area contributed by atoms with E-state index in [9.17, 15) is 34.5 Å². The molecule has 0 radical (unpaired) electrons. The summed E-state index contributed by atoms with van der Waals surface area (Å²) in [7, 11) is 0. The fourth-order valence-corrected chi connectivity index (χ4v) is 7.53. The number of amides is 2. The van der Waals surface area contributed by atoms with Crippen LogP contribution in [0.25, 0.3) is 0 Å². The number of β-lactam (4-membered cyclic amide) rings is 1. The maximum Gasteiger partial charge on any atom is 0.352 e. The van der Waals surface area contributed by atoms with Crippen molar-refractivity contribution >= 4 is 81.0 Å². The molecule has 5 rings (SSSR count). The number of nitrogens with zero attached hydrogens (tertiary/aromatic N) is 4. The Bertz CT molecular complexity index is 1400. The number of carbonyl (C=O) groups is 4. The highest BCUT2D eigenvalue weighted by Gasteiger charge is 2.54. The summed E-state index contributed by atoms with van der Waals surface area (Å²) in [6.07, 6.45) is 1.56. The Morgan fingerprint density at radius 1 is 1.29 bits per heavy atom. The number of nitrogens with two attached hydrogens (primary N) is 1. The van der Waals surface area contributed by atoms with Crippen LogP contribution in [0.4, 0.5) is 5.13 Å². The minimum absolute atomic E-state index is 0.0602. The molecule has 14 nitrogen and oxygen atoms in total. The number of hydrogen-bond acceptors (Lipinski definition) is 14. The molecule has 1 saturated carbocycles. The van der Waals surface area contributed by atoms with Crippen molar-refractivity contribution in [1.29, 1.82) is 0 Å². The van der Waals surface area contributed by atoms with Crippen molar-refractivity contribution in [2.24, 2.45) is 5.16 Å². The Morgan fingerprint density at radius 3 is 2.68 bits per heavy atom. The van der Waals surface area contributed by atoms with Crippen LogP contribution in [-0.2, 0) is 19.2 Å². The fourth-order valence-electron chi connectivity index (χ4n) is 3.61. The minimum Gasteiger partial charge on any atom is -0.492 e. The van der Waals surface area contributed by atoms with Crippen LogP contribution in [0, 0.1) is 0 Å². The van der Waals surface area contributed by atoms with Crippen molar-refractivity contribution in [2.75, 3.05) is 17.2 Å². The Labute approximate surface area is 230 Å². The zero-order valence-electron chi connectivity index (χ0n) is 19.0. The average Bonchev–Trinajstić information content (AvgIpc) is 3.48. The van der Waals surface area contributed by atoms with Crippen molar-refractivity contribution in [2.45, 2.75) is 34.6 Å². The Morgan fingerprint density at radius 2 is 2.05 bits per heavy atom. The molecule has 0 bridgehead atoms. The zero-order chi connectivity index (χ0) is 27.1. The summed E-state index contributed by atoms with van der Waals surface area (Å²) >= 11 is 4.16. The third-order valence-electron chi connectivity index (χ3n) is 5.57. The predicted octanol–water partition coefficient (Wildman–Crippen LogP) is 1.000. The molecule has 0 spiro atoms. The molecule has 2 atom stereocenters. The number of carboxylic acids is 2. The summed E-state index contributed by atoms with van der Waals surface area (Å²) in [5, 5.41) is 36.5. The topological polar surface area (TPSA) is 218 Å². The molecule has 2 aromatic rings. The largest absolute Gasteiger partial charge is 0.492 e. The van der Waals surface area contributed by atoms with Gasteiger partial charge in [-0.15, -0.1) is 34.9 Å². The summed E-state index contributed by atoms with van der Waals surface area (Å²) < 4.78 is 3.84. The molecule has 3 aliphatic rings. The lowest BCUT2D eigenvalue weighted by atomic mass is 10.0. The first kappa shape index (κ1) is 26.3. The molecule has 0 aromatic carbocycles. The lowest BCUT2D eigenvalue weighted by Gasteiger charge is -2.49. The normalized spacial score (nSPS) is 21.1. The van der Waals surface area contributed by atoms with Gasteiger partial charge in [-0.3, -0.25) is 14.5 Å². The molecule has 4 heterocycles. The quantitative estimate of drug-likeness (QED) is 0.112. The highest BCUT2D eigenvalue weighted by atomic mass is 32.2. The van der Waals surface area contributed by atoms with E-state index in [0.717, 1.165) is 52.4 Å². The molecule has 6 N–H and O–H groups in total. The molecule has 0 unspecified atom stereocenters. The van der Waals surface area contributed by atoms with E-state index in [2.05, 4.69) is 19.8 Å². The van der Waals surface area contributed by atoms with Crippen molar-refractivity contribution in [3.05, 3.63) is 27.9 Å². The molecular weight excluding hydrogens is 581 g/mol. The van der Waals surface area contributed by atoms with Gasteiger partial charge in [-0.25, -0.2) is 14.6 Å². The molecule has 200 valence electrons. The highest BCUT2D eigenvalue weighted by Crippen LogP contribution is 2.43. The van der Waals surface area contributed by atoms with Crippen LogP contribution >= 0.6 is 46.4 Å². The summed E-state index contributed by atoms with van der Waals surface area (Å²) in [4.78, 5) is 60.1. The lowest BCUT2D eigenvalue weighted by molar-refractivity contribution is -0.150. The number of carboxylic acid groups (broad SMARTS) is 2. The number of thiazole rings is 1. The number of aromatic carboxylic acids is 1. The summed E-state index contributed by atoms with van der Waals surface area (Å²) in [6, 6.07) is -1.00. The van der Waals surface area contributed by atoms with Crippen molar-refractivity contribution in [1.82, 2.24) is 19.6 Å². The fraction of sp³-hybridized carbons (Fsp3) is 0.350. The third kappa shape index (κ3) is 5.03. The molecule has 2 aromatic heterocycles. The number of fused-ring (bicyclic) bond motifs is 1. The monoisotopic (exact) mass is 598 g/mol. The van der Waals surface area contributed by atoms with Gasteiger partial charge in [0.05, 0.1) is 4.21 Å². The Balaban J connectivity index is 1.31. The number of hydrogen-bond donors (Lipinski definition) is 5. The number of rotatable bonds is 10. The molecule has 2 amide bonds. The standard InChI is InChI=1S/C20H18N6O8S4/c21-20-22-8(5-37-20)10(24-34-7-1-2-7)14(28)23-11-15(29)26-12(18(32)33)6(3-35-16(11)26)4-36-19-9(17(30)31)13(27)25-38-19/h5,7,11,16H,1-4H2,(H2,21,22)(H,23,28)(H,25,27)(H,30,31)(H,32,33)/t11-,16+/m1/s1. The van der Waals surface area contributed by atoms with Gasteiger partial charge < -0.3 is 31.2 Å². The van der Waals surface area contributed by atoms with Gasteiger partial charge in [0, 0.05) is 16.9 Å². The molecule has 2 aliphatic heterocycles. The van der Waals surface area contributed by atoms with Crippen LogP contribution in [-0.4, -0.2) is 88.1 Å². The van der Waals surface area contributed by atoms with Gasteiger partial charge in [-0.2, -0.15) is 4.37 Å². The minimum atomic E-state index is -1.36. The van der Waals surface area contributed by atoms with Crippen LogP contribution in [0.1, 0.15) is 28.9 Å². The number of nitrogen functional groups attached to an aromatic ring is 1. The first-order valence-corrected chi connectivity index (χ1v) is 14.5. The summed E-state index contributed by atoms with van der Waals surface area (Å²) in [5.74, 6) is -4.33. The van der Waals surface area contributed by atoms with E-state index in [1.54, 1.807) is 5.38 Å². The van der Waals surface area contributed by atoms with Gasteiger partial charge in [-0.05, 0) is 29.9 Å². The van der Waals surface area contributed by atoms with E-state index >= 15 is 0 Å². The maximum atomic E-state index is 13.1. The molecular formula is C20H18N6O8S4. The number of nitrogens with one attached hydrogen (secondary N) is 1. The first-order chi connectivity index (χ1) is 18.2. The van der Waals surface area contributed by atoms with Crippen molar-refractivity contribution in [3.8, 4) is 5.88 Å². The second-order valence-electron chi connectivity index (χ2n) is 8.20. The van der Waals surface area contributed by atoms with E-state index in [4.69, 9.17) is 10.6 Å². The predicted molar refractivity (Wildman–Crippen MR) is 138 cm³/mol. The second-order valence-corrected chi connectivity index (χ2v) is 12.2. The van der Waals surface area contributed by atoms with Crippen LogP contribution < -0.4 is 11.1 Å². The number of oxime groups is 1.